The van der Waals surface area contributed by atoms with E-state index in [1.165, 1.54) is 15.9 Å². The fraction of sp³-hybridized carbons (Fsp3) is 0.0435. The molecule has 0 atom stereocenters. The van der Waals surface area contributed by atoms with Crippen molar-refractivity contribution in [3.63, 3.8) is 0 Å². The van der Waals surface area contributed by atoms with Crippen molar-refractivity contribution < 1.29 is 16.8 Å². The van der Waals surface area contributed by atoms with Crippen LogP contribution in [0.4, 0.5) is 0 Å². The molecule has 25 heavy (non-hydrogen) atoms. The number of rotatable bonds is 3. The maximum atomic E-state index is 2.23. The maximum Gasteiger partial charge on any atom is 0 e. The first-order chi connectivity index (χ1) is 11.9. The molecule has 0 nitrogen and oxygen atoms in total. The largest absolute Gasteiger partial charge is 0.0808 e. The van der Waals surface area contributed by atoms with Crippen molar-refractivity contribution in [2.45, 2.75) is 6.42 Å². The van der Waals surface area contributed by atoms with Crippen LogP contribution in [0.5, 0.6) is 0 Å². The number of benzene rings is 3. The van der Waals surface area contributed by atoms with E-state index in [1.54, 1.807) is 0 Å². The predicted molar refractivity (Wildman–Crippen MR) is 108 cm³/mol. The molecule has 0 N–H and O–H groups in total. The van der Waals surface area contributed by atoms with Gasteiger partial charge in [-0.3, -0.25) is 0 Å². The first kappa shape index (κ1) is 19.4. The zero-order valence-electron chi connectivity index (χ0n) is 14.0. The standard InChI is InChI=1S/C18H15P.C5H6.Co/c1-4-10-16(11-5-1)19(17-12-6-2-7-13-17)18-14-8-3-9-15-18;1-2-4-5-3-1;/h1-15H;1-4H,5H2;. The van der Waals surface area contributed by atoms with Gasteiger partial charge in [0, 0.05) is 16.8 Å². The van der Waals surface area contributed by atoms with Gasteiger partial charge in [0.2, 0.25) is 0 Å². The van der Waals surface area contributed by atoms with Crippen molar-refractivity contribution in [3.8, 4) is 0 Å². The number of hydrogen-bond donors (Lipinski definition) is 0. The van der Waals surface area contributed by atoms with Gasteiger partial charge in [-0.25, -0.2) is 0 Å². The van der Waals surface area contributed by atoms with Gasteiger partial charge < -0.3 is 0 Å². The minimum Gasteiger partial charge on any atom is -0.0808 e. The van der Waals surface area contributed by atoms with Crippen LogP contribution in [0.3, 0.4) is 0 Å². The fourth-order valence-corrected chi connectivity index (χ4v) is 4.88. The van der Waals surface area contributed by atoms with Crippen molar-refractivity contribution in [2.24, 2.45) is 0 Å². The Morgan fingerprint density at radius 3 is 1.04 bits per heavy atom. The van der Waals surface area contributed by atoms with Crippen LogP contribution in [0.1, 0.15) is 6.42 Å². The molecule has 127 valence electrons. The average Bonchev–Trinajstić information content (AvgIpc) is 3.25. The van der Waals surface area contributed by atoms with Crippen LogP contribution in [0, 0.1) is 0 Å². The summed E-state index contributed by atoms with van der Waals surface area (Å²) in [6, 6.07) is 32.3. The van der Waals surface area contributed by atoms with Crippen molar-refractivity contribution in [1.82, 2.24) is 0 Å². The Labute approximate surface area is 162 Å². The molecule has 0 unspecified atom stereocenters. The number of hydrogen-bond acceptors (Lipinski definition) is 0. The second-order valence-electron chi connectivity index (χ2n) is 5.43. The molecule has 1 aliphatic carbocycles. The van der Waals surface area contributed by atoms with Gasteiger partial charge in [0.25, 0.3) is 0 Å². The van der Waals surface area contributed by atoms with Gasteiger partial charge in [-0.05, 0) is 30.3 Å². The third-order valence-electron chi connectivity index (χ3n) is 3.70. The van der Waals surface area contributed by atoms with Crippen LogP contribution in [0.2, 0.25) is 0 Å². The van der Waals surface area contributed by atoms with E-state index in [0.29, 0.717) is 0 Å². The van der Waals surface area contributed by atoms with Crippen LogP contribution >= 0.6 is 7.92 Å². The monoisotopic (exact) mass is 387 g/mol. The zero-order valence-corrected chi connectivity index (χ0v) is 15.9. The quantitative estimate of drug-likeness (QED) is 0.558. The van der Waals surface area contributed by atoms with E-state index in [2.05, 4.69) is 115 Å². The summed E-state index contributed by atoms with van der Waals surface area (Å²) in [4.78, 5) is 0. The molecule has 0 heterocycles. The molecule has 0 aromatic heterocycles. The smallest absolute Gasteiger partial charge is 0 e. The van der Waals surface area contributed by atoms with E-state index >= 15 is 0 Å². The van der Waals surface area contributed by atoms with E-state index in [-0.39, 0.29) is 16.8 Å². The maximum absolute atomic E-state index is 2.23. The first-order valence-corrected chi connectivity index (χ1v) is 9.56. The normalized spacial score (nSPS) is 11.6. The molecule has 3 aromatic rings. The molecule has 1 radical (unpaired) electrons. The molecular formula is C23H21CoP. The van der Waals surface area contributed by atoms with Crippen LogP contribution in [-0.4, -0.2) is 0 Å². The van der Waals surface area contributed by atoms with E-state index in [9.17, 15) is 0 Å². The Bertz CT molecular complexity index is 676. The van der Waals surface area contributed by atoms with Crippen molar-refractivity contribution >= 4 is 23.8 Å². The van der Waals surface area contributed by atoms with Crippen LogP contribution in [-0.2, 0) is 16.8 Å². The molecule has 0 saturated heterocycles. The van der Waals surface area contributed by atoms with Gasteiger partial charge in [-0.1, -0.05) is 115 Å². The van der Waals surface area contributed by atoms with Crippen LogP contribution in [0.15, 0.2) is 115 Å². The van der Waals surface area contributed by atoms with Crippen molar-refractivity contribution in [1.29, 1.82) is 0 Å². The van der Waals surface area contributed by atoms with Gasteiger partial charge in [-0.15, -0.1) is 0 Å². The molecule has 1 aliphatic rings. The zero-order chi connectivity index (χ0) is 16.5. The van der Waals surface area contributed by atoms with E-state index < -0.39 is 7.92 Å². The van der Waals surface area contributed by atoms with Gasteiger partial charge >= 0.3 is 0 Å². The molecular weight excluding hydrogens is 366 g/mol. The first-order valence-electron chi connectivity index (χ1n) is 8.22. The Morgan fingerprint density at radius 1 is 0.480 bits per heavy atom. The van der Waals surface area contributed by atoms with Crippen molar-refractivity contribution in [3.05, 3.63) is 115 Å². The molecule has 0 aliphatic heterocycles. The molecule has 3 aromatic carbocycles. The molecule has 0 amide bonds. The summed E-state index contributed by atoms with van der Waals surface area (Å²) in [5.74, 6) is 0. The summed E-state index contributed by atoms with van der Waals surface area (Å²) < 4.78 is 0. The van der Waals surface area contributed by atoms with Gasteiger partial charge in [-0.2, -0.15) is 0 Å². The summed E-state index contributed by atoms with van der Waals surface area (Å²) >= 11 is 0. The predicted octanol–water partition coefficient (Wildman–Crippen LogP) is 4.94. The topological polar surface area (TPSA) is 0 Å². The molecule has 0 spiro atoms. The second kappa shape index (κ2) is 10.8. The van der Waals surface area contributed by atoms with E-state index in [4.69, 9.17) is 0 Å². The molecule has 2 heteroatoms. The van der Waals surface area contributed by atoms with Crippen molar-refractivity contribution in [2.75, 3.05) is 0 Å². The Morgan fingerprint density at radius 2 is 0.800 bits per heavy atom. The average molecular weight is 387 g/mol. The summed E-state index contributed by atoms with van der Waals surface area (Å²) in [6.07, 6.45) is 9.50. The summed E-state index contributed by atoms with van der Waals surface area (Å²) in [7, 11) is -0.446. The van der Waals surface area contributed by atoms with Gasteiger partial charge in [0.05, 0.1) is 0 Å². The van der Waals surface area contributed by atoms with E-state index in [1.807, 2.05) is 0 Å². The summed E-state index contributed by atoms with van der Waals surface area (Å²) in [5, 5.41) is 4.19. The summed E-state index contributed by atoms with van der Waals surface area (Å²) in [6.45, 7) is 0. The molecule has 0 bridgehead atoms. The second-order valence-corrected chi connectivity index (χ2v) is 7.65. The van der Waals surface area contributed by atoms with Crippen LogP contribution in [0.25, 0.3) is 0 Å². The Balaban J connectivity index is 0.000000325. The Hall–Kier alpha value is -1.92. The molecule has 0 saturated carbocycles. The fourth-order valence-electron chi connectivity index (χ4n) is 2.57. The van der Waals surface area contributed by atoms with Crippen LogP contribution < -0.4 is 15.9 Å². The SMILES string of the molecule is C1=CCC=C1.[Co].c1ccc(P(c2ccccc2)c2ccccc2)cc1. The third-order valence-corrected chi connectivity index (χ3v) is 6.14. The van der Waals surface area contributed by atoms with Gasteiger partial charge in [0.15, 0.2) is 0 Å². The third kappa shape index (κ3) is 5.83. The Kier molecular flexibility index (Phi) is 8.41. The summed E-state index contributed by atoms with van der Waals surface area (Å²) in [5.41, 5.74) is 0. The minimum atomic E-state index is -0.446. The van der Waals surface area contributed by atoms with E-state index in [0.717, 1.165) is 6.42 Å². The minimum absolute atomic E-state index is 0. The van der Waals surface area contributed by atoms with Gasteiger partial charge in [0.1, 0.15) is 0 Å². The molecule has 4 rings (SSSR count). The number of allylic oxidation sites excluding steroid dienone is 4. The molecule has 0 fully saturated rings.